The second kappa shape index (κ2) is 22.2. The Kier molecular flexibility index (Phi) is 13.2. The smallest absolute Gasteiger partial charge is 0.308 e. The fraction of sp³-hybridized carbons (Fsp3) is 0.0260. The third kappa shape index (κ3) is 9.98. The molecular weight excluding hydrogens is 1140 g/mol. The van der Waals surface area contributed by atoms with Crippen molar-refractivity contribution in [2.24, 2.45) is 0 Å². The molecule has 16 rings (SSSR count). The van der Waals surface area contributed by atoms with Gasteiger partial charge >= 0.3 is 6.18 Å². The highest BCUT2D eigenvalue weighted by molar-refractivity contribution is 6.12. The second-order valence-electron chi connectivity index (χ2n) is 22.2. The average molecular weight is 1180 g/mol. The van der Waals surface area contributed by atoms with E-state index in [1.165, 1.54) is 6.07 Å². The van der Waals surface area contributed by atoms with Gasteiger partial charge < -0.3 is 9.13 Å². The number of para-hydroxylation sites is 2. The van der Waals surface area contributed by atoms with Crippen LogP contribution in [-0.4, -0.2) is 54.0 Å². The van der Waals surface area contributed by atoms with Gasteiger partial charge in [-0.2, -0.15) is 13.2 Å². The maximum absolute atomic E-state index is 15.5. The maximum Gasteiger partial charge on any atom is 0.416 e. The lowest BCUT2D eigenvalue weighted by molar-refractivity contribution is -0.137. The van der Waals surface area contributed by atoms with Crippen LogP contribution in [0, 0.1) is 6.92 Å². The zero-order valence-electron chi connectivity index (χ0n) is 48.5. The van der Waals surface area contributed by atoms with Gasteiger partial charge in [-0.1, -0.05) is 224 Å². The first-order chi connectivity index (χ1) is 44.6. The van der Waals surface area contributed by atoms with Crippen LogP contribution < -0.4 is 0 Å². The summed E-state index contributed by atoms with van der Waals surface area (Å²) in [7, 11) is 0. The summed E-state index contributed by atoms with van der Waals surface area (Å²) in [5, 5.41) is 3.70. The molecule has 0 saturated carbocycles. The van der Waals surface area contributed by atoms with E-state index in [9.17, 15) is 0 Å². The molecule has 0 aliphatic heterocycles. The predicted octanol–water partition coefficient (Wildman–Crippen LogP) is 18.8. The Balaban J connectivity index is 0.913. The molecule has 0 spiro atoms. The second-order valence-corrected chi connectivity index (χ2v) is 22.2. The summed E-state index contributed by atoms with van der Waals surface area (Å²) in [6.45, 7) is 2.00. The van der Waals surface area contributed by atoms with E-state index in [4.69, 9.17) is 44.9 Å². The number of rotatable bonds is 11. The lowest BCUT2D eigenvalue weighted by Crippen LogP contribution is -2.09. The molecule has 0 saturated heterocycles. The molecule has 0 aliphatic carbocycles. The van der Waals surface area contributed by atoms with Crippen molar-refractivity contribution in [1.82, 2.24) is 54.0 Å². The molecule has 11 nitrogen and oxygen atoms in total. The van der Waals surface area contributed by atoms with E-state index in [1.807, 2.05) is 242 Å². The Morgan fingerprint density at radius 1 is 0.253 bits per heavy atom. The van der Waals surface area contributed by atoms with E-state index in [2.05, 4.69) is 28.8 Å². The third-order valence-corrected chi connectivity index (χ3v) is 16.4. The summed E-state index contributed by atoms with van der Waals surface area (Å²) in [5.74, 6) is 3.49. The van der Waals surface area contributed by atoms with Crippen LogP contribution in [0.5, 0.6) is 0 Å². The highest BCUT2D eigenvalue weighted by Crippen LogP contribution is 2.43. The molecule has 0 aliphatic rings. The van der Waals surface area contributed by atoms with Gasteiger partial charge in [0.15, 0.2) is 52.4 Å². The van der Waals surface area contributed by atoms with Gasteiger partial charge in [0.2, 0.25) is 0 Å². The summed E-state index contributed by atoms with van der Waals surface area (Å²) in [4.78, 5) is 46.0. The van der Waals surface area contributed by atoms with E-state index in [0.29, 0.717) is 62.8 Å². The molecule has 16 aromatic rings. The van der Waals surface area contributed by atoms with Crippen molar-refractivity contribution in [2.75, 3.05) is 0 Å². The number of benzene rings is 11. The summed E-state index contributed by atoms with van der Waals surface area (Å²) in [5.41, 5.74) is 10.5. The van der Waals surface area contributed by atoms with E-state index in [-0.39, 0.29) is 23.0 Å². The van der Waals surface area contributed by atoms with Crippen molar-refractivity contribution in [2.45, 2.75) is 13.1 Å². The quantitative estimate of drug-likeness (QED) is 0.124. The minimum atomic E-state index is -4.74. The summed E-state index contributed by atoms with van der Waals surface area (Å²) < 4.78 is 50.5. The first-order valence-electron chi connectivity index (χ1n) is 29.6. The van der Waals surface area contributed by atoms with Gasteiger partial charge in [-0.3, -0.25) is 0 Å². The molecule has 5 aromatic heterocycles. The molecule has 0 bridgehead atoms. The van der Waals surface area contributed by atoms with Crippen LogP contribution in [0.2, 0.25) is 0 Å². The van der Waals surface area contributed by atoms with E-state index in [0.717, 1.165) is 89.3 Å². The normalized spacial score (nSPS) is 11.7. The molecule has 5 heterocycles. The fourth-order valence-corrected chi connectivity index (χ4v) is 12.1. The third-order valence-electron chi connectivity index (χ3n) is 16.4. The molecule has 0 amide bonds. The van der Waals surface area contributed by atoms with Gasteiger partial charge in [0.1, 0.15) is 0 Å². The monoisotopic (exact) mass is 1180 g/mol. The van der Waals surface area contributed by atoms with Gasteiger partial charge in [0, 0.05) is 71.6 Å². The van der Waals surface area contributed by atoms with Crippen molar-refractivity contribution in [1.29, 1.82) is 0 Å². The SMILES string of the molecule is Cc1ccc(-n2c3ccccc3c3ccc(-c4nc(-c5ccccc5)nc(-c5ccccc5)n4)cc32)c(-c2nc(-c3ccccc3)nc(-c3cc(C(F)(F)F)ccc3-n3c4ccccc4c4ccc(-c5nc(-c6ccccc6)nc(-c6ccccc6)n5)cc43)n2)c1. The Morgan fingerprint density at radius 3 is 0.923 bits per heavy atom. The topological polar surface area (TPSA) is 126 Å². The van der Waals surface area contributed by atoms with Crippen molar-refractivity contribution in [3.63, 3.8) is 0 Å². The number of aryl methyl sites for hydroxylation is 1. The molecule has 432 valence electrons. The van der Waals surface area contributed by atoms with Crippen LogP contribution in [0.3, 0.4) is 0 Å². The molecular formula is C77H48F3N11. The van der Waals surface area contributed by atoms with Crippen molar-refractivity contribution < 1.29 is 13.2 Å². The summed E-state index contributed by atoms with van der Waals surface area (Å²) in [6.07, 6.45) is -4.74. The van der Waals surface area contributed by atoms with Gasteiger partial charge in [0.05, 0.1) is 39.0 Å². The number of fused-ring (bicyclic) bond motifs is 6. The first kappa shape index (κ1) is 54.2. The van der Waals surface area contributed by atoms with Crippen LogP contribution in [0.1, 0.15) is 11.1 Å². The molecule has 14 heteroatoms. The van der Waals surface area contributed by atoms with Gasteiger partial charge in [-0.25, -0.2) is 44.9 Å². The molecule has 0 radical (unpaired) electrons. The first-order valence-corrected chi connectivity index (χ1v) is 29.6. The van der Waals surface area contributed by atoms with Gasteiger partial charge in [0.25, 0.3) is 0 Å². The Bertz CT molecular complexity index is 5350. The van der Waals surface area contributed by atoms with Gasteiger partial charge in [-0.15, -0.1) is 0 Å². The molecule has 0 fully saturated rings. The van der Waals surface area contributed by atoms with Crippen molar-refractivity contribution in [3.8, 4) is 114 Å². The molecule has 0 N–H and O–H groups in total. The van der Waals surface area contributed by atoms with Crippen LogP contribution in [0.25, 0.3) is 157 Å². The maximum atomic E-state index is 15.5. The largest absolute Gasteiger partial charge is 0.416 e. The van der Waals surface area contributed by atoms with Crippen LogP contribution >= 0.6 is 0 Å². The zero-order chi connectivity index (χ0) is 61.2. The number of alkyl halides is 3. The summed E-state index contributed by atoms with van der Waals surface area (Å²) in [6, 6.07) is 86.8. The highest BCUT2D eigenvalue weighted by Gasteiger charge is 2.33. The fourth-order valence-electron chi connectivity index (χ4n) is 12.1. The number of hydrogen-bond donors (Lipinski definition) is 0. The van der Waals surface area contributed by atoms with E-state index in [1.54, 1.807) is 0 Å². The summed E-state index contributed by atoms with van der Waals surface area (Å²) >= 11 is 0. The van der Waals surface area contributed by atoms with Crippen LogP contribution in [-0.2, 0) is 6.18 Å². The Hall–Kier alpha value is -12.2. The number of halogens is 3. The minimum Gasteiger partial charge on any atom is -0.308 e. The highest BCUT2D eigenvalue weighted by atomic mass is 19.4. The Morgan fingerprint density at radius 2 is 0.549 bits per heavy atom. The Labute approximate surface area is 519 Å². The number of nitrogens with zero attached hydrogens (tertiary/aromatic N) is 11. The standard InChI is InChI=1S/C77H48F3N11/c1-47-35-41-64(90-62-33-19-17-31-56(62)58-39-36-53(44-66(58)90)73-83-68(48-21-7-2-8-22-48)81-69(84-73)49-23-9-3-10-24-49)60(43-47)75-87-72(52-29-15-6-16-30-52)88-76(89-75)61-46-55(77(78,79)80)38-42-65(61)91-63-34-20-18-32-57(63)59-40-37-54(45-67(59)91)74-85-70(50-25-11-4-12-26-50)82-71(86-74)51-27-13-5-14-28-51/h2-46H,1H3. The van der Waals surface area contributed by atoms with E-state index < -0.39 is 11.7 Å². The molecule has 0 unspecified atom stereocenters. The van der Waals surface area contributed by atoms with Crippen LogP contribution in [0.15, 0.2) is 273 Å². The number of hydrogen-bond acceptors (Lipinski definition) is 9. The van der Waals surface area contributed by atoms with Gasteiger partial charge in [-0.05, 0) is 61.5 Å². The lowest BCUT2D eigenvalue weighted by atomic mass is 10.0. The predicted molar refractivity (Wildman–Crippen MR) is 354 cm³/mol. The zero-order valence-corrected chi connectivity index (χ0v) is 48.5. The molecule has 91 heavy (non-hydrogen) atoms. The number of aromatic nitrogens is 11. The van der Waals surface area contributed by atoms with Crippen molar-refractivity contribution >= 4 is 43.6 Å². The average Bonchev–Trinajstić information content (AvgIpc) is 1.65. The lowest BCUT2D eigenvalue weighted by Gasteiger charge is -2.18. The van der Waals surface area contributed by atoms with Crippen LogP contribution in [0.4, 0.5) is 13.2 Å². The minimum absolute atomic E-state index is 0.0275. The molecule has 0 atom stereocenters. The van der Waals surface area contributed by atoms with E-state index >= 15 is 13.2 Å². The van der Waals surface area contributed by atoms with Crippen molar-refractivity contribution in [3.05, 3.63) is 284 Å². The molecule has 11 aromatic carbocycles.